The van der Waals surface area contributed by atoms with Crippen LogP contribution in [0.3, 0.4) is 0 Å². The highest BCUT2D eigenvalue weighted by Crippen LogP contribution is 2.20. The summed E-state index contributed by atoms with van der Waals surface area (Å²) in [5.41, 5.74) is 0.887. The molecule has 0 spiro atoms. The maximum atomic E-state index is 12.7. The van der Waals surface area contributed by atoms with E-state index in [9.17, 15) is 9.18 Å². The fourth-order valence-electron chi connectivity index (χ4n) is 1.83. The smallest absolute Gasteiger partial charge is 0.303 e. The molecule has 1 aromatic heterocycles. The molecule has 2 rings (SSSR count). The minimum Gasteiger partial charge on any atom is -0.493 e. The van der Waals surface area contributed by atoms with E-state index in [0.29, 0.717) is 25.2 Å². The topological polar surface area (TPSA) is 59.4 Å². The number of carboxylic acids is 1. The van der Waals surface area contributed by atoms with Crippen LogP contribution in [0.4, 0.5) is 4.39 Å². The molecule has 0 radical (unpaired) electrons. The van der Waals surface area contributed by atoms with Crippen LogP contribution in [-0.4, -0.2) is 22.7 Å². The van der Waals surface area contributed by atoms with Crippen molar-refractivity contribution >= 4 is 17.3 Å². The van der Waals surface area contributed by atoms with Crippen LogP contribution >= 0.6 is 11.3 Å². The number of hydrogen-bond donors (Lipinski definition) is 1. The van der Waals surface area contributed by atoms with Gasteiger partial charge in [-0.15, -0.1) is 11.3 Å². The molecule has 0 amide bonds. The van der Waals surface area contributed by atoms with Crippen LogP contribution in [0.2, 0.25) is 0 Å². The van der Waals surface area contributed by atoms with E-state index in [1.165, 1.54) is 23.5 Å². The van der Waals surface area contributed by atoms with Gasteiger partial charge in [-0.25, -0.2) is 9.37 Å². The number of benzene rings is 1. The zero-order chi connectivity index (χ0) is 15.2. The summed E-state index contributed by atoms with van der Waals surface area (Å²) in [5.74, 6) is -0.472. The van der Waals surface area contributed by atoms with Crippen LogP contribution in [0, 0.1) is 12.7 Å². The first kappa shape index (κ1) is 15.4. The van der Waals surface area contributed by atoms with Crippen molar-refractivity contribution in [3.63, 3.8) is 0 Å². The van der Waals surface area contributed by atoms with Gasteiger partial charge in [0.15, 0.2) is 0 Å². The standard InChI is InChI=1S/C15H16FNO3S/c1-10-13(6-7-15(18)19)21-14(17-10)8-9-20-12-4-2-11(16)3-5-12/h2-5H,6-9H2,1H3,(H,18,19). The zero-order valence-electron chi connectivity index (χ0n) is 11.6. The molecule has 1 aromatic carbocycles. The average Bonchev–Trinajstić information content (AvgIpc) is 2.79. The van der Waals surface area contributed by atoms with E-state index in [2.05, 4.69) is 4.98 Å². The molecule has 4 nitrogen and oxygen atoms in total. The normalized spacial score (nSPS) is 10.6. The minimum atomic E-state index is -0.802. The first-order valence-corrected chi connectivity index (χ1v) is 7.41. The summed E-state index contributed by atoms with van der Waals surface area (Å²) in [7, 11) is 0. The number of hydrogen-bond acceptors (Lipinski definition) is 4. The second-order valence-electron chi connectivity index (χ2n) is 4.56. The number of carbonyl (C=O) groups is 1. The van der Waals surface area contributed by atoms with E-state index in [1.54, 1.807) is 12.1 Å². The Morgan fingerprint density at radius 3 is 2.71 bits per heavy atom. The molecule has 0 bridgehead atoms. The van der Waals surface area contributed by atoms with Crippen molar-refractivity contribution in [2.75, 3.05) is 6.61 Å². The van der Waals surface area contributed by atoms with Gasteiger partial charge in [0.25, 0.3) is 0 Å². The van der Waals surface area contributed by atoms with Crippen LogP contribution < -0.4 is 4.74 Å². The number of nitrogens with zero attached hydrogens (tertiary/aromatic N) is 1. The Labute approximate surface area is 126 Å². The molecule has 0 saturated carbocycles. The number of aromatic nitrogens is 1. The highest BCUT2D eigenvalue weighted by atomic mass is 32.1. The summed E-state index contributed by atoms with van der Waals surface area (Å²) >= 11 is 1.52. The van der Waals surface area contributed by atoms with Gasteiger partial charge in [-0.2, -0.15) is 0 Å². The van der Waals surface area contributed by atoms with E-state index < -0.39 is 5.97 Å². The summed E-state index contributed by atoms with van der Waals surface area (Å²) in [5, 5.41) is 9.62. The summed E-state index contributed by atoms with van der Waals surface area (Å²) in [6.07, 6.45) is 1.28. The molecule has 0 fully saturated rings. The lowest BCUT2D eigenvalue weighted by atomic mass is 10.2. The number of ether oxygens (including phenoxy) is 1. The molecule has 0 unspecified atom stereocenters. The molecule has 0 saturated heterocycles. The molecule has 21 heavy (non-hydrogen) atoms. The lowest BCUT2D eigenvalue weighted by Crippen LogP contribution is -2.01. The second-order valence-corrected chi connectivity index (χ2v) is 5.73. The number of aryl methyl sites for hydroxylation is 2. The Morgan fingerprint density at radius 2 is 2.05 bits per heavy atom. The third-order valence-electron chi connectivity index (χ3n) is 2.90. The van der Waals surface area contributed by atoms with Gasteiger partial charge >= 0.3 is 5.97 Å². The van der Waals surface area contributed by atoms with Crippen molar-refractivity contribution < 1.29 is 19.0 Å². The molecule has 0 aliphatic carbocycles. The van der Waals surface area contributed by atoms with Gasteiger partial charge in [0.2, 0.25) is 0 Å². The monoisotopic (exact) mass is 309 g/mol. The third kappa shape index (κ3) is 4.82. The average molecular weight is 309 g/mol. The predicted molar refractivity (Wildman–Crippen MR) is 78.4 cm³/mol. The van der Waals surface area contributed by atoms with E-state index in [1.807, 2.05) is 6.92 Å². The fourth-order valence-corrected chi connectivity index (χ4v) is 2.88. The zero-order valence-corrected chi connectivity index (χ0v) is 12.5. The Hall–Kier alpha value is -1.95. The van der Waals surface area contributed by atoms with Crippen molar-refractivity contribution in [1.29, 1.82) is 0 Å². The minimum absolute atomic E-state index is 0.120. The first-order valence-electron chi connectivity index (χ1n) is 6.60. The Bertz CT molecular complexity index is 610. The number of halogens is 1. The Morgan fingerprint density at radius 1 is 1.33 bits per heavy atom. The van der Waals surface area contributed by atoms with Crippen molar-refractivity contribution in [2.45, 2.75) is 26.2 Å². The Kier molecular flexibility index (Phi) is 5.27. The number of rotatable bonds is 7. The van der Waals surface area contributed by atoms with Crippen molar-refractivity contribution in [2.24, 2.45) is 0 Å². The van der Waals surface area contributed by atoms with Gasteiger partial charge in [0, 0.05) is 11.3 Å². The van der Waals surface area contributed by atoms with E-state index in [-0.39, 0.29) is 12.2 Å². The van der Waals surface area contributed by atoms with Gasteiger partial charge in [-0.1, -0.05) is 0 Å². The molecule has 0 aliphatic heterocycles. The van der Waals surface area contributed by atoms with Crippen molar-refractivity contribution in [1.82, 2.24) is 4.98 Å². The molecule has 6 heteroatoms. The van der Waals surface area contributed by atoms with Crippen LogP contribution in [0.1, 0.15) is 22.0 Å². The molecule has 2 aromatic rings. The van der Waals surface area contributed by atoms with Crippen molar-refractivity contribution in [3.8, 4) is 5.75 Å². The van der Waals surface area contributed by atoms with Gasteiger partial charge in [-0.3, -0.25) is 4.79 Å². The number of carboxylic acid groups (broad SMARTS) is 1. The summed E-state index contributed by atoms with van der Waals surface area (Å²) < 4.78 is 18.3. The first-order chi connectivity index (χ1) is 10.0. The highest BCUT2D eigenvalue weighted by molar-refractivity contribution is 7.11. The molecule has 112 valence electrons. The highest BCUT2D eigenvalue weighted by Gasteiger charge is 2.09. The predicted octanol–water partition coefficient (Wildman–Crippen LogP) is 3.23. The molecule has 0 aliphatic rings. The maximum absolute atomic E-state index is 12.7. The summed E-state index contributed by atoms with van der Waals surface area (Å²) in [6, 6.07) is 5.88. The SMILES string of the molecule is Cc1nc(CCOc2ccc(F)cc2)sc1CCC(=O)O. The number of aliphatic carboxylic acids is 1. The van der Waals surface area contributed by atoms with Crippen LogP contribution in [0.15, 0.2) is 24.3 Å². The molecule has 1 heterocycles. The van der Waals surface area contributed by atoms with Crippen molar-refractivity contribution in [3.05, 3.63) is 45.7 Å². The molecule has 1 N–H and O–H groups in total. The number of thiazole rings is 1. The third-order valence-corrected chi connectivity index (χ3v) is 4.18. The fraction of sp³-hybridized carbons (Fsp3) is 0.333. The summed E-state index contributed by atoms with van der Waals surface area (Å²) in [4.78, 5) is 16.0. The lowest BCUT2D eigenvalue weighted by molar-refractivity contribution is -0.136. The van der Waals surface area contributed by atoms with Gasteiger partial charge < -0.3 is 9.84 Å². The van der Waals surface area contributed by atoms with Crippen LogP contribution in [-0.2, 0) is 17.6 Å². The van der Waals surface area contributed by atoms with E-state index in [0.717, 1.165) is 15.6 Å². The lowest BCUT2D eigenvalue weighted by Gasteiger charge is -2.04. The largest absolute Gasteiger partial charge is 0.493 e. The van der Waals surface area contributed by atoms with Gasteiger partial charge in [0.1, 0.15) is 11.6 Å². The Balaban J connectivity index is 1.84. The van der Waals surface area contributed by atoms with E-state index in [4.69, 9.17) is 9.84 Å². The quantitative estimate of drug-likeness (QED) is 0.853. The van der Waals surface area contributed by atoms with Gasteiger partial charge in [0.05, 0.1) is 23.7 Å². The van der Waals surface area contributed by atoms with E-state index >= 15 is 0 Å². The second kappa shape index (κ2) is 7.17. The maximum Gasteiger partial charge on any atom is 0.303 e. The van der Waals surface area contributed by atoms with Crippen LogP contribution in [0.5, 0.6) is 5.75 Å². The molecular formula is C15H16FNO3S. The molecular weight excluding hydrogens is 293 g/mol. The molecule has 0 atom stereocenters. The van der Waals surface area contributed by atoms with Crippen LogP contribution in [0.25, 0.3) is 0 Å². The summed E-state index contributed by atoms with van der Waals surface area (Å²) in [6.45, 7) is 2.34. The van der Waals surface area contributed by atoms with Gasteiger partial charge in [-0.05, 0) is 37.6 Å².